The number of para-hydroxylation sites is 1. The van der Waals surface area contributed by atoms with Gasteiger partial charge in [-0.25, -0.2) is 13.1 Å². The molecular weight excluding hydrogens is 286 g/mol. The van der Waals surface area contributed by atoms with Gasteiger partial charge in [0.25, 0.3) is 0 Å². The Morgan fingerprint density at radius 3 is 2.90 bits per heavy atom. The number of rotatable bonds is 6. The zero-order valence-corrected chi connectivity index (χ0v) is 13.4. The minimum Gasteiger partial charge on any atom is -0.380 e. The number of hydrogen-bond donors (Lipinski definition) is 3. The highest BCUT2D eigenvalue weighted by atomic mass is 32.2. The zero-order chi connectivity index (χ0) is 15.1. The Morgan fingerprint density at radius 2 is 2.10 bits per heavy atom. The lowest BCUT2D eigenvalue weighted by Crippen LogP contribution is -2.32. The van der Waals surface area contributed by atoms with Crippen molar-refractivity contribution < 1.29 is 8.42 Å². The van der Waals surface area contributed by atoms with Crippen LogP contribution in [0, 0.1) is 0 Å². The molecule has 1 unspecified atom stereocenters. The summed E-state index contributed by atoms with van der Waals surface area (Å²) in [6.45, 7) is 4.32. The molecule has 1 fully saturated rings. The van der Waals surface area contributed by atoms with Crippen molar-refractivity contribution in [3.63, 3.8) is 0 Å². The fourth-order valence-corrected chi connectivity index (χ4v) is 3.80. The van der Waals surface area contributed by atoms with E-state index in [-0.39, 0.29) is 6.04 Å². The summed E-state index contributed by atoms with van der Waals surface area (Å²) in [6.07, 6.45) is 4.18. The third-order valence-electron chi connectivity index (χ3n) is 3.63. The molecule has 5 nitrogen and oxygen atoms in total. The predicted octanol–water partition coefficient (Wildman–Crippen LogP) is 1.93. The Labute approximate surface area is 127 Å². The fraction of sp³-hybridized carbons (Fsp3) is 0.600. The Morgan fingerprint density at radius 1 is 1.29 bits per heavy atom. The van der Waals surface area contributed by atoms with Crippen LogP contribution in [0.25, 0.3) is 0 Å². The van der Waals surface area contributed by atoms with Crippen LogP contribution in [0.1, 0.15) is 32.6 Å². The van der Waals surface area contributed by atoms with Gasteiger partial charge < -0.3 is 10.6 Å². The quantitative estimate of drug-likeness (QED) is 0.751. The average Bonchev–Trinajstić information content (AvgIpc) is 2.74. The van der Waals surface area contributed by atoms with E-state index < -0.39 is 10.0 Å². The fourth-order valence-electron chi connectivity index (χ4n) is 2.50. The van der Waals surface area contributed by atoms with Crippen molar-refractivity contribution in [3.05, 3.63) is 24.3 Å². The lowest BCUT2D eigenvalue weighted by molar-refractivity contribution is 0.580. The summed E-state index contributed by atoms with van der Waals surface area (Å²) >= 11 is 0. The minimum atomic E-state index is -3.45. The summed E-state index contributed by atoms with van der Waals surface area (Å²) in [5, 5.41) is 6.77. The summed E-state index contributed by atoms with van der Waals surface area (Å²) in [6, 6.07) is 7.40. The van der Waals surface area contributed by atoms with Gasteiger partial charge in [0, 0.05) is 19.1 Å². The van der Waals surface area contributed by atoms with Crippen LogP contribution in [0.4, 0.5) is 5.69 Å². The molecule has 118 valence electrons. The molecule has 0 amide bonds. The van der Waals surface area contributed by atoms with Crippen LogP contribution in [0.5, 0.6) is 0 Å². The molecule has 1 atom stereocenters. The van der Waals surface area contributed by atoms with Crippen LogP contribution in [-0.2, 0) is 10.0 Å². The monoisotopic (exact) mass is 311 g/mol. The molecular formula is C15H25N3O2S. The Balaban J connectivity index is 2.16. The van der Waals surface area contributed by atoms with Crippen molar-refractivity contribution in [2.24, 2.45) is 0 Å². The Bertz CT molecular complexity index is 538. The molecule has 1 saturated heterocycles. The van der Waals surface area contributed by atoms with E-state index in [2.05, 4.69) is 15.4 Å². The van der Waals surface area contributed by atoms with E-state index in [1.807, 2.05) is 19.1 Å². The second-order valence-electron chi connectivity index (χ2n) is 5.44. The van der Waals surface area contributed by atoms with Crippen LogP contribution >= 0.6 is 0 Å². The van der Waals surface area contributed by atoms with E-state index in [1.54, 1.807) is 12.1 Å². The molecule has 0 bridgehead atoms. The first kappa shape index (κ1) is 16.3. The molecule has 0 aliphatic carbocycles. The van der Waals surface area contributed by atoms with Crippen LogP contribution < -0.4 is 15.4 Å². The van der Waals surface area contributed by atoms with Crippen molar-refractivity contribution in [3.8, 4) is 0 Å². The third-order valence-corrected chi connectivity index (χ3v) is 5.14. The molecule has 2 rings (SSSR count). The van der Waals surface area contributed by atoms with Gasteiger partial charge in [-0.2, -0.15) is 0 Å². The van der Waals surface area contributed by atoms with Crippen LogP contribution in [0.3, 0.4) is 0 Å². The molecule has 0 aromatic heterocycles. The molecule has 1 aromatic carbocycles. The van der Waals surface area contributed by atoms with E-state index in [0.29, 0.717) is 17.1 Å². The molecule has 1 heterocycles. The van der Waals surface area contributed by atoms with Crippen LogP contribution in [0.15, 0.2) is 29.2 Å². The van der Waals surface area contributed by atoms with Gasteiger partial charge in [-0.3, -0.25) is 0 Å². The maximum Gasteiger partial charge on any atom is 0.242 e. The van der Waals surface area contributed by atoms with Crippen molar-refractivity contribution in [1.82, 2.24) is 10.0 Å². The van der Waals surface area contributed by atoms with Gasteiger partial charge in [0.2, 0.25) is 10.0 Å². The van der Waals surface area contributed by atoms with E-state index in [1.165, 1.54) is 6.42 Å². The number of nitrogens with one attached hydrogen (secondary N) is 3. The Kier molecular flexibility index (Phi) is 6.02. The molecule has 1 aromatic rings. The normalized spacial score (nSPS) is 20.0. The van der Waals surface area contributed by atoms with Gasteiger partial charge in [0.15, 0.2) is 0 Å². The van der Waals surface area contributed by atoms with E-state index >= 15 is 0 Å². The number of hydrogen-bond acceptors (Lipinski definition) is 4. The molecule has 21 heavy (non-hydrogen) atoms. The first-order valence-electron chi connectivity index (χ1n) is 7.69. The van der Waals surface area contributed by atoms with Gasteiger partial charge in [-0.1, -0.05) is 25.5 Å². The van der Waals surface area contributed by atoms with Crippen molar-refractivity contribution in [2.75, 3.05) is 25.0 Å². The first-order chi connectivity index (χ1) is 10.1. The number of anilines is 1. The molecule has 1 aliphatic heterocycles. The molecule has 0 radical (unpaired) electrons. The maximum absolute atomic E-state index is 12.4. The molecule has 3 N–H and O–H groups in total. The van der Waals surface area contributed by atoms with Gasteiger partial charge in [0.1, 0.15) is 4.90 Å². The van der Waals surface area contributed by atoms with E-state index in [4.69, 9.17) is 0 Å². The highest BCUT2D eigenvalue weighted by Crippen LogP contribution is 2.22. The lowest BCUT2D eigenvalue weighted by atomic mass is 10.1. The van der Waals surface area contributed by atoms with E-state index in [9.17, 15) is 8.42 Å². The highest BCUT2D eigenvalue weighted by molar-refractivity contribution is 7.89. The smallest absolute Gasteiger partial charge is 0.242 e. The average molecular weight is 311 g/mol. The number of benzene rings is 1. The van der Waals surface area contributed by atoms with Crippen LogP contribution in [0.2, 0.25) is 0 Å². The summed E-state index contributed by atoms with van der Waals surface area (Å²) in [7, 11) is -3.45. The predicted molar refractivity (Wildman–Crippen MR) is 86.1 cm³/mol. The van der Waals surface area contributed by atoms with Crippen LogP contribution in [-0.4, -0.2) is 34.1 Å². The minimum absolute atomic E-state index is 0.273. The standard InChI is InChI=1S/C15H25N3O2S/c1-2-10-17-21(19,20)15-9-4-3-8-14(15)18-13-7-5-6-11-16-12-13/h3-4,8-9,13,16-18H,2,5-7,10-12H2,1H3. The SMILES string of the molecule is CCCNS(=O)(=O)c1ccccc1NC1CCCCNC1. The summed E-state index contributed by atoms with van der Waals surface area (Å²) in [5.41, 5.74) is 0.690. The second kappa shape index (κ2) is 7.77. The van der Waals surface area contributed by atoms with Gasteiger partial charge in [-0.05, 0) is 37.9 Å². The Hall–Kier alpha value is -1.11. The molecule has 1 aliphatic rings. The van der Waals surface area contributed by atoms with Crippen molar-refractivity contribution >= 4 is 15.7 Å². The summed E-state index contributed by atoms with van der Waals surface area (Å²) in [4.78, 5) is 0.336. The highest BCUT2D eigenvalue weighted by Gasteiger charge is 2.20. The first-order valence-corrected chi connectivity index (χ1v) is 9.18. The van der Waals surface area contributed by atoms with Crippen molar-refractivity contribution in [2.45, 2.75) is 43.5 Å². The maximum atomic E-state index is 12.4. The number of sulfonamides is 1. The summed E-state index contributed by atoms with van der Waals surface area (Å²) < 4.78 is 27.3. The largest absolute Gasteiger partial charge is 0.380 e. The van der Waals surface area contributed by atoms with Crippen molar-refractivity contribution in [1.29, 1.82) is 0 Å². The second-order valence-corrected chi connectivity index (χ2v) is 7.17. The molecule has 0 spiro atoms. The van der Waals surface area contributed by atoms with E-state index in [0.717, 1.165) is 32.4 Å². The molecule has 0 saturated carbocycles. The van der Waals surface area contributed by atoms with Gasteiger partial charge >= 0.3 is 0 Å². The van der Waals surface area contributed by atoms with Gasteiger partial charge in [0.05, 0.1) is 5.69 Å². The zero-order valence-electron chi connectivity index (χ0n) is 12.6. The third kappa shape index (κ3) is 4.69. The van der Waals surface area contributed by atoms with Gasteiger partial charge in [-0.15, -0.1) is 0 Å². The summed E-state index contributed by atoms with van der Waals surface area (Å²) in [5.74, 6) is 0. The molecule has 6 heteroatoms. The lowest BCUT2D eigenvalue weighted by Gasteiger charge is -2.20. The topological polar surface area (TPSA) is 70.2 Å².